The molecule has 0 aliphatic heterocycles. The molecule has 0 saturated carbocycles. The molecule has 0 spiro atoms. The van der Waals surface area contributed by atoms with Crippen molar-refractivity contribution in [3.8, 4) is 22.9 Å². The third kappa shape index (κ3) is 3.63. The predicted octanol–water partition coefficient (Wildman–Crippen LogP) is 4.29. The van der Waals surface area contributed by atoms with E-state index in [2.05, 4.69) is 10.1 Å². The Labute approximate surface area is 138 Å². The van der Waals surface area contributed by atoms with Gasteiger partial charge in [0.15, 0.2) is 6.61 Å². The van der Waals surface area contributed by atoms with E-state index in [1.165, 1.54) is 0 Å². The maximum absolute atomic E-state index is 5.99. The van der Waals surface area contributed by atoms with Crippen molar-refractivity contribution in [1.82, 2.24) is 10.1 Å². The van der Waals surface area contributed by atoms with Crippen molar-refractivity contribution in [2.75, 3.05) is 7.11 Å². The molecule has 3 rings (SSSR count). The maximum atomic E-state index is 5.99. The van der Waals surface area contributed by atoms with Crippen LogP contribution in [0.25, 0.3) is 11.4 Å². The fourth-order valence-corrected chi connectivity index (χ4v) is 2.16. The van der Waals surface area contributed by atoms with Gasteiger partial charge in [0.25, 0.3) is 5.89 Å². The SMILES string of the molecule is COc1cccc(-c2noc(COc3ccc(Cl)c(C)c3)n2)c1. The number of methoxy groups -OCH3 is 1. The molecule has 0 unspecified atom stereocenters. The zero-order chi connectivity index (χ0) is 16.2. The standard InChI is InChI=1S/C17H15ClN2O3/c1-11-8-14(6-7-15(11)18)22-10-16-19-17(20-23-16)12-4-3-5-13(9-12)21-2/h3-9H,10H2,1-2H3. The second-order valence-electron chi connectivity index (χ2n) is 4.94. The number of hydrogen-bond donors (Lipinski definition) is 0. The highest BCUT2D eigenvalue weighted by atomic mass is 35.5. The van der Waals surface area contributed by atoms with E-state index in [1.807, 2.05) is 37.3 Å². The molecular formula is C17H15ClN2O3. The van der Waals surface area contributed by atoms with Crippen molar-refractivity contribution < 1.29 is 14.0 Å². The first-order chi connectivity index (χ1) is 11.2. The van der Waals surface area contributed by atoms with Gasteiger partial charge in [-0.1, -0.05) is 28.9 Å². The summed E-state index contributed by atoms with van der Waals surface area (Å²) in [4.78, 5) is 4.33. The molecule has 0 saturated heterocycles. The first-order valence-corrected chi connectivity index (χ1v) is 7.39. The molecule has 0 N–H and O–H groups in total. The van der Waals surface area contributed by atoms with Gasteiger partial charge in [-0.3, -0.25) is 0 Å². The lowest BCUT2D eigenvalue weighted by Gasteiger charge is -2.04. The summed E-state index contributed by atoms with van der Waals surface area (Å²) < 4.78 is 16.0. The number of nitrogens with zero attached hydrogens (tertiary/aromatic N) is 2. The molecule has 0 amide bonds. The second-order valence-corrected chi connectivity index (χ2v) is 5.35. The van der Waals surface area contributed by atoms with Crippen LogP contribution in [0, 0.1) is 6.92 Å². The van der Waals surface area contributed by atoms with E-state index in [0.717, 1.165) is 16.9 Å². The van der Waals surface area contributed by atoms with Crippen LogP contribution in [0.3, 0.4) is 0 Å². The van der Waals surface area contributed by atoms with Gasteiger partial charge in [0.2, 0.25) is 5.82 Å². The van der Waals surface area contributed by atoms with Crippen molar-refractivity contribution in [1.29, 1.82) is 0 Å². The van der Waals surface area contributed by atoms with Crippen LogP contribution in [0.4, 0.5) is 0 Å². The van der Waals surface area contributed by atoms with Gasteiger partial charge < -0.3 is 14.0 Å². The van der Waals surface area contributed by atoms with Crippen molar-refractivity contribution in [3.63, 3.8) is 0 Å². The van der Waals surface area contributed by atoms with Crippen LogP contribution in [0.15, 0.2) is 47.0 Å². The van der Waals surface area contributed by atoms with Crippen LogP contribution >= 0.6 is 11.6 Å². The molecule has 118 valence electrons. The lowest BCUT2D eigenvalue weighted by molar-refractivity contribution is 0.243. The Morgan fingerprint density at radius 1 is 1.13 bits per heavy atom. The summed E-state index contributed by atoms with van der Waals surface area (Å²) in [5.41, 5.74) is 1.77. The summed E-state index contributed by atoms with van der Waals surface area (Å²) in [6.07, 6.45) is 0. The molecule has 3 aromatic rings. The lowest BCUT2D eigenvalue weighted by Crippen LogP contribution is -1.96. The minimum atomic E-state index is 0.193. The molecule has 2 aromatic carbocycles. The third-order valence-electron chi connectivity index (χ3n) is 3.29. The monoisotopic (exact) mass is 330 g/mol. The highest BCUT2D eigenvalue weighted by Gasteiger charge is 2.10. The highest BCUT2D eigenvalue weighted by molar-refractivity contribution is 6.31. The van der Waals surface area contributed by atoms with E-state index >= 15 is 0 Å². The minimum Gasteiger partial charge on any atom is -0.497 e. The van der Waals surface area contributed by atoms with Crippen LogP contribution in [-0.2, 0) is 6.61 Å². The van der Waals surface area contributed by atoms with Gasteiger partial charge >= 0.3 is 0 Å². The van der Waals surface area contributed by atoms with Crippen molar-refractivity contribution in [3.05, 3.63) is 58.9 Å². The maximum Gasteiger partial charge on any atom is 0.264 e. The predicted molar refractivity (Wildman–Crippen MR) is 86.8 cm³/mol. The van der Waals surface area contributed by atoms with Gasteiger partial charge in [0.1, 0.15) is 11.5 Å². The molecule has 5 nitrogen and oxygen atoms in total. The van der Waals surface area contributed by atoms with E-state index < -0.39 is 0 Å². The molecule has 1 heterocycles. The van der Waals surface area contributed by atoms with Gasteiger partial charge in [0.05, 0.1) is 7.11 Å². The molecule has 23 heavy (non-hydrogen) atoms. The van der Waals surface area contributed by atoms with Crippen LogP contribution < -0.4 is 9.47 Å². The van der Waals surface area contributed by atoms with E-state index in [-0.39, 0.29) is 6.61 Å². The summed E-state index contributed by atoms with van der Waals surface area (Å²) in [7, 11) is 1.61. The molecule has 0 aliphatic rings. The smallest absolute Gasteiger partial charge is 0.264 e. The number of hydrogen-bond acceptors (Lipinski definition) is 5. The van der Waals surface area contributed by atoms with E-state index in [1.54, 1.807) is 19.2 Å². The number of rotatable bonds is 5. The summed E-state index contributed by atoms with van der Waals surface area (Å²) in [5.74, 6) is 2.33. The first kappa shape index (κ1) is 15.4. The minimum absolute atomic E-state index is 0.193. The van der Waals surface area contributed by atoms with Crippen molar-refractivity contribution in [2.24, 2.45) is 0 Å². The zero-order valence-corrected chi connectivity index (χ0v) is 13.5. The van der Waals surface area contributed by atoms with Crippen molar-refractivity contribution >= 4 is 11.6 Å². The van der Waals surface area contributed by atoms with Crippen LogP contribution in [0.5, 0.6) is 11.5 Å². The van der Waals surface area contributed by atoms with Gasteiger partial charge in [0, 0.05) is 10.6 Å². The summed E-state index contributed by atoms with van der Waals surface area (Å²) in [5, 5.41) is 4.67. The third-order valence-corrected chi connectivity index (χ3v) is 3.71. The Morgan fingerprint density at radius 3 is 2.78 bits per heavy atom. The van der Waals surface area contributed by atoms with Gasteiger partial charge in [-0.25, -0.2) is 0 Å². The lowest BCUT2D eigenvalue weighted by atomic mass is 10.2. The molecule has 6 heteroatoms. The van der Waals surface area contributed by atoms with Crippen LogP contribution in [0.1, 0.15) is 11.5 Å². The number of benzene rings is 2. The Bertz CT molecular complexity index is 817. The first-order valence-electron chi connectivity index (χ1n) is 7.01. The molecule has 1 aromatic heterocycles. The number of ether oxygens (including phenoxy) is 2. The number of halogens is 1. The Kier molecular flexibility index (Phi) is 4.48. The number of aryl methyl sites for hydroxylation is 1. The van der Waals surface area contributed by atoms with E-state index in [0.29, 0.717) is 22.5 Å². The largest absolute Gasteiger partial charge is 0.497 e. The highest BCUT2D eigenvalue weighted by Crippen LogP contribution is 2.23. The van der Waals surface area contributed by atoms with E-state index in [9.17, 15) is 0 Å². The molecule has 0 radical (unpaired) electrons. The number of aromatic nitrogens is 2. The topological polar surface area (TPSA) is 57.4 Å². The second kappa shape index (κ2) is 6.71. The van der Waals surface area contributed by atoms with Gasteiger partial charge in [-0.05, 0) is 42.8 Å². The average molecular weight is 331 g/mol. The van der Waals surface area contributed by atoms with Crippen LogP contribution in [-0.4, -0.2) is 17.3 Å². The van der Waals surface area contributed by atoms with Gasteiger partial charge in [-0.2, -0.15) is 4.98 Å². The fourth-order valence-electron chi connectivity index (χ4n) is 2.04. The summed E-state index contributed by atoms with van der Waals surface area (Å²) in [6, 6.07) is 12.9. The molecule has 0 aliphatic carbocycles. The van der Waals surface area contributed by atoms with Crippen molar-refractivity contribution in [2.45, 2.75) is 13.5 Å². The molecule has 0 atom stereocenters. The molecular weight excluding hydrogens is 316 g/mol. The average Bonchev–Trinajstić information content (AvgIpc) is 3.05. The molecule has 0 fully saturated rings. The normalized spacial score (nSPS) is 10.6. The fraction of sp³-hybridized carbons (Fsp3) is 0.176. The van der Waals surface area contributed by atoms with E-state index in [4.69, 9.17) is 25.6 Å². The Hall–Kier alpha value is -2.53. The molecule has 0 bridgehead atoms. The van der Waals surface area contributed by atoms with Crippen LogP contribution in [0.2, 0.25) is 5.02 Å². The van der Waals surface area contributed by atoms with Gasteiger partial charge in [-0.15, -0.1) is 0 Å². The quantitative estimate of drug-likeness (QED) is 0.698. The Morgan fingerprint density at radius 2 is 2.00 bits per heavy atom. The Balaban J connectivity index is 1.70. The summed E-state index contributed by atoms with van der Waals surface area (Å²) in [6.45, 7) is 2.11. The summed E-state index contributed by atoms with van der Waals surface area (Å²) >= 11 is 5.99. The zero-order valence-electron chi connectivity index (χ0n) is 12.7.